The van der Waals surface area contributed by atoms with E-state index in [4.69, 9.17) is 9.47 Å². The van der Waals surface area contributed by atoms with E-state index in [0.29, 0.717) is 74.9 Å². The van der Waals surface area contributed by atoms with E-state index in [1.54, 1.807) is 41.3 Å². The van der Waals surface area contributed by atoms with Crippen LogP contribution in [0.2, 0.25) is 0 Å². The third-order valence-corrected chi connectivity index (χ3v) is 6.49. The van der Waals surface area contributed by atoms with Gasteiger partial charge >= 0.3 is 0 Å². The number of ketones is 1. The number of likely N-dealkylation sites (tertiary alicyclic amines) is 1. The number of anilines is 1. The lowest BCUT2D eigenvalue weighted by Crippen LogP contribution is -2.46. The third kappa shape index (κ3) is 3.78. The van der Waals surface area contributed by atoms with Crippen molar-refractivity contribution in [1.82, 2.24) is 4.90 Å². The van der Waals surface area contributed by atoms with Gasteiger partial charge in [-0.2, -0.15) is 0 Å². The van der Waals surface area contributed by atoms with Gasteiger partial charge in [0.1, 0.15) is 19.0 Å². The van der Waals surface area contributed by atoms with Gasteiger partial charge in [0.05, 0.1) is 11.7 Å². The fourth-order valence-electron chi connectivity index (χ4n) is 4.82. The Morgan fingerprint density at radius 2 is 1.68 bits per heavy atom. The minimum absolute atomic E-state index is 0.0540. The van der Waals surface area contributed by atoms with Gasteiger partial charge in [-0.05, 0) is 62.7 Å². The second-order valence-electron chi connectivity index (χ2n) is 8.28. The molecule has 0 N–H and O–H groups in total. The van der Waals surface area contributed by atoms with Crippen LogP contribution in [0.4, 0.5) is 10.1 Å². The Bertz CT molecular complexity index is 1000. The molecule has 0 radical (unpaired) electrons. The number of hydrogen-bond acceptors (Lipinski definition) is 5. The van der Waals surface area contributed by atoms with E-state index in [1.165, 1.54) is 6.07 Å². The van der Waals surface area contributed by atoms with Crippen molar-refractivity contribution < 1.29 is 23.5 Å². The highest BCUT2D eigenvalue weighted by atomic mass is 19.1. The van der Waals surface area contributed by atoms with Crippen molar-refractivity contribution in [2.24, 2.45) is 5.92 Å². The van der Waals surface area contributed by atoms with Crippen LogP contribution in [-0.2, 0) is 4.79 Å². The molecule has 0 aliphatic carbocycles. The van der Waals surface area contributed by atoms with Gasteiger partial charge < -0.3 is 14.4 Å². The molecule has 162 valence electrons. The average Bonchev–Trinajstić information content (AvgIpc) is 3.19. The molecule has 0 saturated carbocycles. The van der Waals surface area contributed by atoms with E-state index in [-0.39, 0.29) is 29.5 Å². The fraction of sp³-hybridized carbons (Fsp3) is 0.417. The number of piperidine rings is 1. The average molecular weight is 424 g/mol. The van der Waals surface area contributed by atoms with Crippen molar-refractivity contribution >= 4 is 17.4 Å². The van der Waals surface area contributed by atoms with E-state index in [2.05, 4.69) is 4.90 Å². The highest BCUT2D eigenvalue weighted by molar-refractivity contribution is 6.00. The Kier molecular flexibility index (Phi) is 5.36. The molecule has 1 atom stereocenters. The molecule has 5 rings (SSSR count). The highest BCUT2D eigenvalue weighted by Gasteiger charge is 2.39. The molecule has 3 aliphatic rings. The molecular weight excluding hydrogens is 399 g/mol. The van der Waals surface area contributed by atoms with Crippen molar-refractivity contribution in [2.75, 3.05) is 37.7 Å². The molecule has 1 unspecified atom stereocenters. The molecule has 3 aliphatic heterocycles. The van der Waals surface area contributed by atoms with Crippen molar-refractivity contribution in [3.05, 3.63) is 53.8 Å². The predicted molar refractivity (Wildman–Crippen MR) is 113 cm³/mol. The van der Waals surface area contributed by atoms with Crippen LogP contribution in [-0.4, -0.2) is 55.5 Å². The molecule has 31 heavy (non-hydrogen) atoms. The van der Waals surface area contributed by atoms with Gasteiger partial charge in [-0.15, -0.1) is 0 Å². The van der Waals surface area contributed by atoms with E-state index in [9.17, 15) is 14.0 Å². The standard InChI is InChI=1S/C24H25FN2O4/c25-18-3-1-2-4-19(18)27-12-9-20(24(27)29)26-10-7-16(8-11-26)23(28)17-5-6-21-22(15-17)31-14-13-30-21/h1-6,15-16,20H,7-14H2. The molecule has 0 spiro atoms. The van der Waals surface area contributed by atoms with Crippen LogP contribution in [0.1, 0.15) is 29.6 Å². The van der Waals surface area contributed by atoms with Crippen LogP contribution in [0.25, 0.3) is 0 Å². The molecular formula is C24H25FN2O4. The molecule has 0 bridgehead atoms. The maximum absolute atomic E-state index is 14.1. The number of Topliss-reactive ketones (excluding diaryl/α,β-unsaturated/α-hetero) is 1. The van der Waals surface area contributed by atoms with Gasteiger partial charge in [0, 0.05) is 18.0 Å². The monoisotopic (exact) mass is 424 g/mol. The lowest BCUT2D eigenvalue weighted by Gasteiger charge is -2.34. The first-order chi connectivity index (χ1) is 15.1. The van der Waals surface area contributed by atoms with Gasteiger partial charge in [-0.1, -0.05) is 12.1 Å². The Balaban J connectivity index is 1.21. The number of amides is 1. The van der Waals surface area contributed by atoms with Gasteiger partial charge in [-0.3, -0.25) is 14.5 Å². The minimum atomic E-state index is -0.375. The number of fused-ring (bicyclic) bond motifs is 1. The summed E-state index contributed by atoms with van der Waals surface area (Å²) in [5.41, 5.74) is 0.990. The Morgan fingerprint density at radius 3 is 2.45 bits per heavy atom. The zero-order chi connectivity index (χ0) is 21.4. The normalized spacial score (nSPS) is 22.0. The van der Waals surface area contributed by atoms with Crippen LogP contribution in [0.5, 0.6) is 11.5 Å². The number of benzene rings is 2. The Hall–Kier alpha value is -2.93. The molecule has 2 saturated heterocycles. The SMILES string of the molecule is O=C(c1ccc2c(c1)OCCO2)C1CCN(C2CCN(c3ccccc3F)C2=O)CC1. The maximum atomic E-state index is 14.1. The smallest absolute Gasteiger partial charge is 0.244 e. The van der Waals surface area contributed by atoms with E-state index in [0.717, 1.165) is 0 Å². The van der Waals surface area contributed by atoms with Gasteiger partial charge in [0.25, 0.3) is 0 Å². The van der Waals surface area contributed by atoms with Gasteiger partial charge in [0.2, 0.25) is 5.91 Å². The molecule has 7 heteroatoms. The number of carbonyl (C=O) groups excluding carboxylic acids is 2. The van der Waals surface area contributed by atoms with E-state index < -0.39 is 0 Å². The van der Waals surface area contributed by atoms with Crippen LogP contribution in [0.3, 0.4) is 0 Å². The largest absolute Gasteiger partial charge is 0.486 e. The highest BCUT2D eigenvalue weighted by Crippen LogP contribution is 2.34. The second-order valence-corrected chi connectivity index (χ2v) is 8.28. The van der Waals surface area contributed by atoms with Crippen molar-refractivity contribution in [1.29, 1.82) is 0 Å². The van der Waals surface area contributed by atoms with Crippen LogP contribution >= 0.6 is 0 Å². The number of nitrogens with zero attached hydrogens (tertiary/aromatic N) is 2. The lowest BCUT2D eigenvalue weighted by atomic mass is 9.88. The van der Waals surface area contributed by atoms with Crippen LogP contribution < -0.4 is 14.4 Å². The zero-order valence-electron chi connectivity index (χ0n) is 17.3. The van der Waals surface area contributed by atoms with Crippen molar-refractivity contribution in [3.8, 4) is 11.5 Å². The molecule has 1 amide bonds. The second kappa shape index (κ2) is 8.30. The first kappa shape index (κ1) is 20.0. The summed E-state index contributed by atoms with van der Waals surface area (Å²) in [7, 11) is 0. The third-order valence-electron chi connectivity index (χ3n) is 6.49. The number of ether oxygens (including phenoxy) is 2. The first-order valence-electron chi connectivity index (χ1n) is 10.9. The molecule has 2 aromatic carbocycles. The first-order valence-corrected chi connectivity index (χ1v) is 10.9. The van der Waals surface area contributed by atoms with Crippen molar-refractivity contribution in [2.45, 2.75) is 25.3 Å². The number of rotatable bonds is 4. The number of carbonyl (C=O) groups is 2. The summed E-state index contributed by atoms with van der Waals surface area (Å²) in [4.78, 5) is 29.7. The predicted octanol–water partition coefficient (Wildman–Crippen LogP) is 3.30. The molecule has 2 aromatic rings. The summed E-state index contributed by atoms with van der Waals surface area (Å²) in [5, 5.41) is 0. The Labute approximate surface area is 180 Å². The molecule has 3 heterocycles. The zero-order valence-corrected chi connectivity index (χ0v) is 17.3. The number of hydrogen-bond donors (Lipinski definition) is 0. The minimum Gasteiger partial charge on any atom is -0.486 e. The van der Waals surface area contributed by atoms with E-state index in [1.807, 2.05) is 0 Å². The Morgan fingerprint density at radius 1 is 0.935 bits per heavy atom. The quantitative estimate of drug-likeness (QED) is 0.705. The van der Waals surface area contributed by atoms with Crippen molar-refractivity contribution in [3.63, 3.8) is 0 Å². The molecule has 0 aromatic heterocycles. The fourth-order valence-corrected chi connectivity index (χ4v) is 4.82. The van der Waals surface area contributed by atoms with Crippen LogP contribution in [0.15, 0.2) is 42.5 Å². The topological polar surface area (TPSA) is 59.1 Å². The summed E-state index contributed by atoms with van der Waals surface area (Å²) in [6.45, 7) is 2.89. The summed E-state index contributed by atoms with van der Waals surface area (Å²) < 4.78 is 25.3. The molecule has 2 fully saturated rings. The van der Waals surface area contributed by atoms with Gasteiger partial charge in [0.15, 0.2) is 17.3 Å². The summed E-state index contributed by atoms with van der Waals surface area (Å²) >= 11 is 0. The van der Waals surface area contributed by atoms with E-state index >= 15 is 0 Å². The molecule has 6 nitrogen and oxygen atoms in total. The maximum Gasteiger partial charge on any atom is 0.244 e. The number of halogens is 1. The summed E-state index contributed by atoms with van der Waals surface area (Å²) in [5.74, 6) is 0.915. The summed E-state index contributed by atoms with van der Waals surface area (Å²) in [6, 6.07) is 11.5. The number of para-hydroxylation sites is 1. The van der Waals surface area contributed by atoms with Gasteiger partial charge in [-0.25, -0.2) is 4.39 Å². The lowest BCUT2D eigenvalue weighted by molar-refractivity contribution is -0.122. The van der Waals surface area contributed by atoms with Crippen LogP contribution in [0, 0.1) is 11.7 Å². The summed E-state index contributed by atoms with van der Waals surface area (Å²) in [6.07, 6.45) is 2.08.